The molecule has 0 radical (unpaired) electrons. The van der Waals surface area contributed by atoms with Crippen molar-refractivity contribution in [2.24, 2.45) is 0 Å². The minimum absolute atomic E-state index is 0.494. The van der Waals surface area contributed by atoms with Crippen molar-refractivity contribution in [1.82, 2.24) is 0 Å². The smallest absolute Gasteiger partial charge is 0.0129 e. The van der Waals surface area contributed by atoms with Gasteiger partial charge in [-0.2, -0.15) is 0 Å². The van der Waals surface area contributed by atoms with Gasteiger partial charge in [0.2, 0.25) is 0 Å². The third-order valence-electron chi connectivity index (χ3n) is 3.64. The van der Waals surface area contributed by atoms with E-state index in [0.717, 1.165) is 12.8 Å². The number of rotatable bonds is 2. The van der Waals surface area contributed by atoms with E-state index in [1.165, 1.54) is 22.3 Å². The molecular formula is C17H16. The van der Waals surface area contributed by atoms with Gasteiger partial charge in [-0.05, 0) is 35.1 Å². The average molecular weight is 220 g/mol. The molecule has 0 bridgehead atoms. The number of allylic oxidation sites excluding steroid dienone is 1. The van der Waals surface area contributed by atoms with Crippen LogP contribution in [0.25, 0.3) is 0 Å². The van der Waals surface area contributed by atoms with Gasteiger partial charge in [0.1, 0.15) is 0 Å². The summed E-state index contributed by atoms with van der Waals surface area (Å²) in [5.41, 5.74) is 5.90. The third kappa shape index (κ3) is 1.70. The molecule has 0 amide bonds. The van der Waals surface area contributed by atoms with Crippen LogP contribution in [0.15, 0.2) is 61.2 Å². The Balaban J connectivity index is 2.16. The van der Waals surface area contributed by atoms with E-state index in [2.05, 4.69) is 55.1 Å². The quantitative estimate of drug-likeness (QED) is 0.662. The Labute approximate surface area is 103 Å². The molecule has 17 heavy (non-hydrogen) atoms. The maximum Gasteiger partial charge on any atom is 0.0129 e. The number of benzene rings is 2. The Kier molecular flexibility index (Phi) is 2.56. The van der Waals surface area contributed by atoms with Gasteiger partial charge in [-0.3, -0.25) is 0 Å². The maximum absolute atomic E-state index is 3.90. The summed E-state index contributed by atoms with van der Waals surface area (Å²) in [6.45, 7) is 3.90. The van der Waals surface area contributed by atoms with Gasteiger partial charge in [-0.25, -0.2) is 0 Å². The molecule has 0 saturated heterocycles. The highest BCUT2D eigenvalue weighted by molar-refractivity contribution is 5.49. The van der Waals surface area contributed by atoms with Gasteiger partial charge in [-0.15, -0.1) is 6.58 Å². The van der Waals surface area contributed by atoms with Gasteiger partial charge in [0.15, 0.2) is 0 Å². The van der Waals surface area contributed by atoms with Crippen LogP contribution in [-0.4, -0.2) is 0 Å². The van der Waals surface area contributed by atoms with Gasteiger partial charge in [0.05, 0.1) is 0 Å². The minimum Gasteiger partial charge on any atom is -0.103 e. The SMILES string of the molecule is C=CCC1c2ccccc2Cc2ccccc21. The van der Waals surface area contributed by atoms with Gasteiger partial charge in [0, 0.05) is 5.92 Å². The molecule has 0 fully saturated rings. The molecule has 2 aromatic carbocycles. The van der Waals surface area contributed by atoms with Gasteiger partial charge >= 0.3 is 0 Å². The summed E-state index contributed by atoms with van der Waals surface area (Å²) >= 11 is 0. The Morgan fingerprint density at radius 1 is 0.941 bits per heavy atom. The largest absolute Gasteiger partial charge is 0.103 e. The topological polar surface area (TPSA) is 0 Å². The maximum atomic E-state index is 3.90. The summed E-state index contributed by atoms with van der Waals surface area (Å²) in [6.07, 6.45) is 4.12. The van der Waals surface area contributed by atoms with Crippen LogP contribution in [0.2, 0.25) is 0 Å². The fourth-order valence-corrected chi connectivity index (χ4v) is 2.86. The molecule has 0 unspecified atom stereocenters. The van der Waals surface area contributed by atoms with Crippen molar-refractivity contribution in [3.63, 3.8) is 0 Å². The molecule has 0 heteroatoms. The van der Waals surface area contributed by atoms with Crippen LogP contribution in [0.4, 0.5) is 0 Å². The summed E-state index contributed by atoms with van der Waals surface area (Å²) in [7, 11) is 0. The first-order valence-electron chi connectivity index (χ1n) is 6.16. The lowest BCUT2D eigenvalue weighted by Crippen LogP contribution is -2.13. The van der Waals surface area contributed by atoms with Gasteiger partial charge in [-0.1, -0.05) is 54.6 Å². The summed E-state index contributed by atoms with van der Waals surface area (Å²) < 4.78 is 0. The third-order valence-corrected chi connectivity index (χ3v) is 3.64. The van der Waals surface area contributed by atoms with Crippen LogP contribution in [0.3, 0.4) is 0 Å². The number of hydrogen-bond donors (Lipinski definition) is 0. The molecule has 0 N–H and O–H groups in total. The zero-order chi connectivity index (χ0) is 11.7. The monoisotopic (exact) mass is 220 g/mol. The molecule has 84 valence electrons. The fraction of sp³-hybridized carbons (Fsp3) is 0.176. The first kappa shape index (κ1) is 10.3. The molecule has 1 aliphatic rings. The molecule has 0 atom stereocenters. The van der Waals surface area contributed by atoms with Crippen LogP contribution in [-0.2, 0) is 6.42 Å². The van der Waals surface area contributed by atoms with E-state index in [4.69, 9.17) is 0 Å². The van der Waals surface area contributed by atoms with Crippen LogP contribution < -0.4 is 0 Å². The van der Waals surface area contributed by atoms with E-state index >= 15 is 0 Å². The summed E-state index contributed by atoms with van der Waals surface area (Å²) in [5.74, 6) is 0.494. The summed E-state index contributed by atoms with van der Waals surface area (Å²) in [5, 5.41) is 0. The van der Waals surface area contributed by atoms with Crippen molar-refractivity contribution in [2.75, 3.05) is 0 Å². The van der Waals surface area contributed by atoms with Crippen molar-refractivity contribution in [3.05, 3.63) is 83.4 Å². The predicted octanol–water partition coefficient (Wildman–Crippen LogP) is 4.30. The van der Waals surface area contributed by atoms with Crippen molar-refractivity contribution >= 4 is 0 Å². The zero-order valence-corrected chi connectivity index (χ0v) is 9.89. The average Bonchev–Trinajstić information content (AvgIpc) is 2.39. The lowest BCUT2D eigenvalue weighted by Gasteiger charge is -2.27. The first-order chi connectivity index (χ1) is 8.40. The molecule has 0 aromatic heterocycles. The Morgan fingerprint density at radius 2 is 1.47 bits per heavy atom. The van der Waals surface area contributed by atoms with E-state index < -0.39 is 0 Å². The van der Waals surface area contributed by atoms with Gasteiger partial charge in [0.25, 0.3) is 0 Å². The molecule has 2 aromatic rings. The predicted molar refractivity (Wildman–Crippen MR) is 72.3 cm³/mol. The van der Waals surface area contributed by atoms with Crippen molar-refractivity contribution in [1.29, 1.82) is 0 Å². The molecule has 0 saturated carbocycles. The van der Waals surface area contributed by atoms with Crippen LogP contribution in [0.5, 0.6) is 0 Å². The van der Waals surface area contributed by atoms with Crippen molar-refractivity contribution in [3.8, 4) is 0 Å². The summed E-state index contributed by atoms with van der Waals surface area (Å²) in [4.78, 5) is 0. The fourth-order valence-electron chi connectivity index (χ4n) is 2.86. The Morgan fingerprint density at radius 3 is 2.00 bits per heavy atom. The molecule has 3 rings (SSSR count). The van der Waals surface area contributed by atoms with Crippen molar-refractivity contribution in [2.45, 2.75) is 18.8 Å². The highest BCUT2D eigenvalue weighted by atomic mass is 14.3. The van der Waals surface area contributed by atoms with E-state index in [1.807, 2.05) is 6.08 Å². The van der Waals surface area contributed by atoms with Gasteiger partial charge < -0.3 is 0 Å². The van der Waals surface area contributed by atoms with E-state index in [9.17, 15) is 0 Å². The molecule has 0 spiro atoms. The zero-order valence-electron chi connectivity index (χ0n) is 9.89. The van der Waals surface area contributed by atoms with Crippen LogP contribution in [0.1, 0.15) is 34.6 Å². The van der Waals surface area contributed by atoms with E-state index in [0.29, 0.717) is 5.92 Å². The van der Waals surface area contributed by atoms with Crippen LogP contribution >= 0.6 is 0 Å². The van der Waals surface area contributed by atoms with Crippen molar-refractivity contribution < 1.29 is 0 Å². The van der Waals surface area contributed by atoms with E-state index in [-0.39, 0.29) is 0 Å². The molecular weight excluding hydrogens is 204 g/mol. The summed E-state index contributed by atoms with van der Waals surface area (Å²) in [6, 6.07) is 17.6. The molecule has 0 aliphatic heterocycles. The second-order valence-corrected chi connectivity index (χ2v) is 4.65. The second-order valence-electron chi connectivity index (χ2n) is 4.65. The molecule has 0 nitrogen and oxygen atoms in total. The lowest BCUT2D eigenvalue weighted by atomic mass is 9.77. The van der Waals surface area contributed by atoms with Crippen LogP contribution in [0, 0.1) is 0 Å². The Hall–Kier alpha value is -1.82. The molecule has 1 aliphatic carbocycles. The number of hydrogen-bond acceptors (Lipinski definition) is 0. The second kappa shape index (κ2) is 4.21. The van der Waals surface area contributed by atoms with E-state index in [1.54, 1.807) is 0 Å². The highest BCUT2D eigenvalue weighted by Crippen LogP contribution is 2.38. The normalized spacial score (nSPS) is 13.9. The highest BCUT2D eigenvalue weighted by Gasteiger charge is 2.23. The first-order valence-corrected chi connectivity index (χ1v) is 6.16. The number of fused-ring (bicyclic) bond motifs is 2. The lowest BCUT2D eigenvalue weighted by molar-refractivity contribution is 0.779. The molecule has 0 heterocycles. The Bertz CT molecular complexity index is 506. The standard InChI is InChI=1S/C17H16/c1-2-7-17-15-10-5-3-8-13(15)12-14-9-4-6-11-16(14)17/h2-6,8-11,17H,1,7,12H2. The minimum atomic E-state index is 0.494.